The second-order valence-electron chi connectivity index (χ2n) is 6.31. The van der Waals surface area contributed by atoms with Gasteiger partial charge < -0.3 is 19.5 Å². The normalized spacial score (nSPS) is 11.8. The lowest BCUT2D eigenvalue weighted by molar-refractivity contribution is -0.150. The number of carbonyl (C=O) groups is 2. The summed E-state index contributed by atoms with van der Waals surface area (Å²) in [4.78, 5) is 23.8. The van der Waals surface area contributed by atoms with Crippen molar-refractivity contribution in [2.45, 2.75) is 19.9 Å². The number of amides is 1. The molecular formula is C22H23F2NO5. The maximum Gasteiger partial charge on any atom is 0.344 e. The number of hydrogen-bond acceptors (Lipinski definition) is 5. The van der Waals surface area contributed by atoms with Gasteiger partial charge in [-0.15, -0.1) is 0 Å². The number of benzene rings is 2. The summed E-state index contributed by atoms with van der Waals surface area (Å²) in [6, 6.07) is 7.55. The minimum atomic E-state index is -0.775. The molecule has 0 unspecified atom stereocenters. The maximum absolute atomic E-state index is 13.7. The molecule has 8 heteroatoms. The molecule has 0 heterocycles. The van der Waals surface area contributed by atoms with Gasteiger partial charge in [-0.25, -0.2) is 13.6 Å². The number of carbonyl (C=O) groups excluding carboxylic acids is 2. The summed E-state index contributed by atoms with van der Waals surface area (Å²) in [5.41, 5.74) is 1.03. The average Bonchev–Trinajstić information content (AvgIpc) is 2.71. The van der Waals surface area contributed by atoms with E-state index in [2.05, 4.69) is 5.32 Å². The summed E-state index contributed by atoms with van der Waals surface area (Å²) in [6.07, 6.45) is 3.76. The number of rotatable bonds is 9. The van der Waals surface area contributed by atoms with Crippen LogP contribution in [0.25, 0.3) is 6.08 Å². The zero-order valence-electron chi connectivity index (χ0n) is 16.9. The van der Waals surface area contributed by atoms with Crippen LogP contribution in [0.3, 0.4) is 0 Å². The van der Waals surface area contributed by atoms with E-state index in [1.807, 2.05) is 19.1 Å². The second-order valence-corrected chi connectivity index (χ2v) is 6.31. The van der Waals surface area contributed by atoms with Crippen molar-refractivity contribution < 1.29 is 32.6 Å². The molecule has 1 amide bonds. The molecule has 2 rings (SSSR count). The summed E-state index contributed by atoms with van der Waals surface area (Å²) in [6.45, 7) is 2.43. The fraction of sp³-hybridized carbons (Fsp3) is 0.273. The molecule has 0 spiro atoms. The van der Waals surface area contributed by atoms with Crippen LogP contribution < -0.4 is 14.8 Å². The minimum absolute atomic E-state index is 0.118. The molecule has 1 atom stereocenters. The van der Waals surface area contributed by atoms with Crippen LogP contribution in [-0.4, -0.2) is 32.2 Å². The Bertz CT molecular complexity index is 930. The molecule has 0 saturated heterocycles. The van der Waals surface area contributed by atoms with Crippen molar-refractivity contribution in [3.8, 4) is 11.5 Å². The van der Waals surface area contributed by atoms with Gasteiger partial charge in [-0.05, 0) is 37.6 Å². The fourth-order valence-corrected chi connectivity index (χ4v) is 2.64. The van der Waals surface area contributed by atoms with Crippen molar-refractivity contribution in [2.24, 2.45) is 0 Å². The molecule has 0 aromatic heterocycles. The van der Waals surface area contributed by atoms with Crippen molar-refractivity contribution in [3.05, 3.63) is 65.2 Å². The Morgan fingerprint density at radius 2 is 1.87 bits per heavy atom. The number of methoxy groups -OCH3 is 1. The Hall–Kier alpha value is -3.42. The van der Waals surface area contributed by atoms with Gasteiger partial charge in [0.25, 0.3) is 5.91 Å². The van der Waals surface area contributed by atoms with Crippen LogP contribution in [0, 0.1) is 11.6 Å². The van der Waals surface area contributed by atoms with Gasteiger partial charge in [-0.2, -0.15) is 0 Å². The molecule has 0 aliphatic heterocycles. The zero-order valence-corrected chi connectivity index (χ0v) is 16.9. The van der Waals surface area contributed by atoms with Gasteiger partial charge >= 0.3 is 5.97 Å². The monoisotopic (exact) mass is 419 g/mol. The first-order valence-corrected chi connectivity index (χ1v) is 9.17. The lowest BCUT2D eigenvalue weighted by Gasteiger charge is -2.15. The Kier molecular flexibility index (Phi) is 8.34. The number of nitrogens with one attached hydrogen (secondary N) is 1. The summed E-state index contributed by atoms with van der Waals surface area (Å²) in [5.74, 6) is -2.07. The lowest BCUT2D eigenvalue weighted by Crippen LogP contribution is -2.32. The van der Waals surface area contributed by atoms with Gasteiger partial charge in [-0.3, -0.25) is 4.79 Å². The smallest absolute Gasteiger partial charge is 0.344 e. The Labute approximate surface area is 173 Å². The molecule has 160 valence electrons. The van der Waals surface area contributed by atoms with E-state index in [9.17, 15) is 18.4 Å². The van der Waals surface area contributed by atoms with Crippen LogP contribution in [0.15, 0.2) is 42.5 Å². The Morgan fingerprint density at radius 1 is 1.10 bits per heavy atom. The number of ether oxygens (including phenoxy) is 3. The molecule has 30 heavy (non-hydrogen) atoms. The second kappa shape index (κ2) is 10.9. The predicted molar refractivity (Wildman–Crippen MR) is 107 cm³/mol. The van der Waals surface area contributed by atoms with E-state index in [1.54, 1.807) is 18.2 Å². The highest BCUT2D eigenvalue weighted by atomic mass is 19.1. The minimum Gasteiger partial charge on any atom is -0.493 e. The standard InChI is InChI=1S/C22H23F2NO5/c1-4-5-15-6-9-19(20(10-15)28-3)29-13-22(27)30-12-21(26)25-14(2)17-8-7-16(23)11-18(17)24/h4-11,14H,12-13H2,1-3H3,(H,25,26)/b5-4+/t14-/m1/s1. The van der Waals surface area contributed by atoms with Gasteiger partial charge in [0.1, 0.15) is 11.6 Å². The van der Waals surface area contributed by atoms with Crippen molar-refractivity contribution >= 4 is 18.0 Å². The van der Waals surface area contributed by atoms with E-state index in [-0.39, 0.29) is 5.56 Å². The Balaban J connectivity index is 1.82. The molecule has 0 aliphatic carbocycles. The fourth-order valence-electron chi connectivity index (χ4n) is 2.64. The van der Waals surface area contributed by atoms with Gasteiger partial charge in [0.15, 0.2) is 24.7 Å². The van der Waals surface area contributed by atoms with Gasteiger partial charge in [0.05, 0.1) is 13.2 Å². The molecule has 0 aliphatic rings. The molecule has 6 nitrogen and oxygen atoms in total. The molecule has 2 aromatic carbocycles. The van der Waals surface area contributed by atoms with Crippen LogP contribution in [0.4, 0.5) is 8.78 Å². The lowest BCUT2D eigenvalue weighted by atomic mass is 10.1. The van der Waals surface area contributed by atoms with Gasteiger partial charge in [0.2, 0.25) is 0 Å². The predicted octanol–water partition coefficient (Wildman–Crippen LogP) is 3.81. The third-order valence-corrected chi connectivity index (χ3v) is 4.06. The highest BCUT2D eigenvalue weighted by molar-refractivity contribution is 5.81. The highest BCUT2D eigenvalue weighted by Crippen LogP contribution is 2.28. The van der Waals surface area contributed by atoms with E-state index in [4.69, 9.17) is 14.2 Å². The largest absolute Gasteiger partial charge is 0.493 e. The van der Waals surface area contributed by atoms with Crippen LogP contribution in [0.2, 0.25) is 0 Å². The van der Waals surface area contributed by atoms with Crippen molar-refractivity contribution in [2.75, 3.05) is 20.3 Å². The van der Waals surface area contributed by atoms with E-state index >= 15 is 0 Å². The topological polar surface area (TPSA) is 73.9 Å². The quantitative estimate of drug-likeness (QED) is 0.626. The third kappa shape index (κ3) is 6.58. The first-order chi connectivity index (χ1) is 14.3. The summed E-state index contributed by atoms with van der Waals surface area (Å²) in [7, 11) is 1.48. The first kappa shape index (κ1) is 22.9. The molecule has 0 fully saturated rings. The zero-order chi connectivity index (χ0) is 22.1. The number of hydrogen-bond donors (Lipinski definition) is 1. The number of esters is 1. The van der Waals surface area contributed by atoms with Crippen LogP contribution in [-0.2, 0) is 14.3 Å². The first-order valence-electron chi connectivity index (χ1n) is 9.17. The van der Waals surface area contributed by atoms with E-state index in [1.165, 1.54) is 20.1 Å². The highest BCUT2D eigenvalue weighted by Gasteiger charge is 2.16. The van der Waals surface area contributed by atoms with Gasteiger partial charge in [0, 0.05) is 11.6 Å². The van der Waals surface area contributed by atoms with Crippen molar-refractivity contribution in [1.82, 2.24) is 5.32 Å². The maximum atomic E-state index is 13.7. The molecule has 0 bridgehead atoms. The summed E-state index contributed by atoms with van der Waals surface area (Å²) < 4.78 is 42.2. The van der Waals surface area contributed by atoms with Gasteiger partial charge in [-0.1, -0.05) is 24.3 Å². The molecule has 0 radical (unpaired) electrons. The molecule has 2 aromatic rings. The van der Waals surface area contributed by atoms with E-state index in [0.717, 1.165) is 17.7 Å². The van der Waals surface area contributed by atoms with Crippen molar-refractivity contribution in [3.63, 3.8) is 0 Å². The van der Waals surface area contributed by atoms with Crippen LogP contribution >= 0.6 is 0 Å². The summed E-state index contributed by atoms with van der Waals surface area (Å²) >= 11 is 0. The number of halogens is 2. The molecular weight excluding hydrogens is 396 g/mol. The van der Waals surface area contributed by atoms with E-state index in [0.29, 0.717) is 11.5 Å². The number of allylic oxidation sites excluding steroid dienone is 1. The SMILES string of the molecule is C/C=C/c1ccc(OCC(=O)OCC(=O)N[C@H](C)c2ccc(F)cc2F)c(OC)c1. The van der Waals surface area contributed by atoms with Crippen molar-refractivity contribution in [1.29, 1.82) is 0 Å². The van der Waals surface area contributed by atoms with E-state index < -0.39 is 42.8 Å². The van der Waals surface area contributed by atoms with Crippen LogP contribution in [0.1, 0.15) is 31.0 Å². The molecule has 1 N–H and O–H groups in total. The Morgan fingerprint density at radius 3 is 2.53 bits per heavy atom. The van der Waals surface area contributed by atoms with Crippen LogP contribution in [0.5, 0.6) is 11.5 Å². The summed E-state index contributed by atoms with van der Waals surface area (Å²) in [5, 5.41) is 2.48. The third-order valence-electron chi connectivity index (χ3n) is 4.06. The molecule has 0 saturated carbocycles. The average molecular weight is 419 g/mol.